The van der Waals surface area contributed by atoms with E-state index < -0.39 is 5.97 Å². The van der Waals surface area contributed by atoms with E-state index >= 15 is 0 Å². The van der Waals surface area contributed by atoms with E-state index in [-0.39, 0.29) is 11.7 Å². The number of nitrogens with zero attached hydrogens (tertiary/aromatic N) is 2. The molecular formula is C18H21N3O4. The number of rotatable bonds is 7. The molecule has 132 valence electrons. The minimum Gasteiger partial charge on any atom is -0.493 e. The van der Waals surface area contributed by atoms with Crippen molar-refractivity contribution in [2.45, 2.75) is 25.9 Å². The average molecular weight is 343 g/mol. The number of aromatic carboxylic acids is 1. The molecule has 1 atom stereocenters. The first-order chi connectivity index (χ1) is 12.2. The minimum absolute atomic E-state index is 0.117. The van der Waals surface area contributed by atoms with Gasteiger partial charge in [0.25, 0.3) is 0 Å². The number of carbonyl (C=O) groups is 1. The lowest BCUT2D eigenvalue weighted by molar-refractivity contribution is 0.0692. The molecule has 1 fully saturated rings. The van der Waals surface area contributed by atoms with Gasteiger partial charge < -0.3 is 19.9 Å². The number of aromatic nitrogens is 2. The van der Waals surface area contributed by atoms with Crippen LogP contribution in [0.2, 0.25) is 0 Å². The van der Waals surface area contributed by atoms with Crippen molar-refractivity contribution in [2.24, 2.45) is 0 Å². The van der Waals surface area contributed by atoms with Crippen molar-refractivity contribution < 1.29 is 19.4 Å². The van der Waals surface area contributed by atoms with E-state index in [2.05, 4.69) is 15.3 Å². The number of anilines is 1. The van der Waals surface area contributed by atoms with Gasteiger partial charge in [-0.15, -0.1) is 0 Å². The minimum atomic E-state index is -1.03. The first kappa shape index (κ1) is 17.2. The van der Waals surface area contributed by atoms with E-state index in [1.165, 1.54) is 0 Å². The fourth-order valence-electron chi connectivity index (χ4n) is 2.75. The van der Waals surface area contributed by atoms with Crippen molar-refractivity contribution >= 4 is 11.9 Å². The first-order valence-corrected chi connectivity index (χ1v) is 8.36. The third-order valence-electron chi connectivity index (χ3n) is 3.97. The smallest absolute Gasteiger partial charge is 0.339 e. The topological polar surface area (TPSA) is 93.6 Å². The fraction of sp³-hybridized carbons (Fsp3) is 0.389. The maximum atomic E-state index is 11.5. The van der Waals surface area contributed by atoms with Gasteiger partial charge in [-0.1, -0.05) is 0 Å². The maximum Gasteiger partial charge on any atom is 0.339 e. The summed E-state index contributed by atoms with van der Waals surface area (Å²) in [5.74, 6) is -0.181. The summed E-state index contributed by atoms with van der Waals surface area (Å²) >= 11 is 0. The van der Waals surface area contributed by atoms with Gasteiger partial charge in [-0.05, 0) is 44.0 Å². The van der Waals surface area contributed by atoms with Gasteiger partial charge in [-0.3, -0.25) is 0 Å². The molecule has 0 saturated carbocycles. The van der Waals surface area contributed by atoms with Gasteiger partial charge in [0.05, 0.1) is 18.4 Å². The molecule has 2 N–H and O–H groups in total. The van der Waals surface area contributed by atoms with Gasteiger partial charge in [0.1, 0.15) is 11.3 Å². The lowest BCUT2D eigenvalue weighted by Crippen LogP contribution is -2.19. The second kappa shape index (κ2) is 7.94. The molecule has 1 saturated heterocycles. The predicted molar refractivity (Wildman–Crippen MR) is 93.1 cm³/mol. The SMILES string of the molecule is CCOc1ccc(-c2ccnc(NCC3CCCO3)n2)cc1C(=O)O. The Morgan fingerprint density at radius 3 is 3.04 bits per heavy atom. The highest BCUT2D eigenvalue weighted by atomic mass is 16.5. The van der Waals surface area contributed by atoms with Crippen LogP contribution >= 0.6 is 0 Å². The monoisotopic (exact) mass is 343 g/mol. The second-order valence-electron chi connectivity index (χ2n) is 5.73. The average Bonchev–Trinajstić information content (AvgIpc) is 3.14. The van der Waals surface area contributed by atoms with Crippen LogP contribution in [0.1, 0.15) is 30.1 Å². The number of benzene rings is 1. The van der Waals surface area contributed by atoms with E-state index in [4.69, 9.17) is 9.47 Å². The summed E-state index contributed by atoms with van der Waals surface area (Å²) in [6.07, 6.45) is 3.96. The molecular weight excluding hydrogens is 322 g/mol. The Morgan fingerprint density at radius 1 is 1.44 bits per heavy atom. The molecule has 7 nitrogen and oxygen atoms in total. The fourth-order valence-corrected chi connectivity index (χ4v) is 2.75. The van der Waals surface area contributed by atoms with Crippen LogP contribution in [0.4, 0.5) is 5.95 Å². The van der Waals surface area contributed by atoms with Crippen LogP contribution in [-0.4, -0.2) is 46.9 Å². The highest BCUT2D eigenvalue weighted by molar-refractivity contribution is 5.92. The lowest BCUT2D eigenvalue weighted by Gasteiger charge is -2.12. The molecule has 0 aliphatic carbocycles. The summed E-state index contributed by atoms with van der Waals surface area (Å²) in [5.41, 5.74) is 1.46. The number of carboxylic acid groups (broad SMARTS) is 1. The van der Waals surface area contributed by atoms with Gasteiger partial charge in [-0.2, -0.15) is 0 Å². The molecule has 2 aromatic rings. The van der Waals surface area contributed by atoms with Gasteiger partial charge in [0.2, 0.25) is 5.95 Å². The number of ether oxygens (including phenoxy) is 2. The van der Waals surface area contributed by atoms with Crippen LogP contribution in [0, 0.1) is 0 Å². The largest absolute Gasteiger partial charge is 0.493 e. The summed E-state index contributed by atoms with van der Waals surface area (Å²) in [7, 11) is 0. The Labute approximate surface area is 146 Å². The molecule has 0 bridgehead atoms. The molecule has 3 rings (SSSR count). The van der Waals surface area contributed by atoms with Gasteiger partial charge in [0, 0.05) is 24.9 Å². The van der Waals surface area contributed by atoms with Crippen LogP contribution in [0.5, 0.6) is 5.75 Å². The molecule has 1 aromatic carbocycles. The summed E-state index contributed by atoms with van der Waals surface area (Å²) in [4.78, 5) is 20.1. The van der Waals surface area contributed by atoms with E-state index in [0.29, 0.717) is 36.1 Å². The molecule has 0 spiro atoms. The number of carboxylic acids is 1. The lowest BCUT2D eigenvalue weighted by atomic mass is 10.1. The van der Waals surface area contributed by atoms with Crippen molar-refractivity contribution in [3.05, 3.63) is 36.0 Å². The standard InChI is InChI=1S/C18H21N3O4/c1-2-24-16-6-5-12(10-14(16)17(22)23)15-7-8-19-18(21-15)20-11-13-4-3-9-25-13/h5-8,10,13H,2-4,9,11H2,1H3,(H,22,23)(H,19,20,21). The zero-order valence-corrected chi connectivity index (χ0v) is 14.1. The summed E-state index contributed by atoms with van der Waals surface area (Å²) in [5, 5.41) is 12.6. The van der Waals surface area contributed by atoms with Gasteiger partial charge in [0.15, 0.2) is 0 Å². The zero-order chi connectivity index (χ0) is 17.6. The van der Waals surface area contributed by atoms with Crippen molar-refractivity contribution in [1.82, 2.24) is 9.97 Å². The Balaban J connectivity index is 1.79. The van der Waals surface area contributed by atoms with Crippen molar-refractivity contribution in [1.29, 1.82) is 0 Å². The van der Waals surface area contributed by atoms with E-state index in [1.807, 2.05) is 6.92 Å². The molecule has 25 heavy (non-hydrogen) atoms. The number of hydrogen-bond donors (Lipinski definition) is 2. The Hall–Kier alpha value is -2.67. The maximum absolute atomic E-state index is 11.5. The van der Waals surface area contributed by atoms with Crippen molar-refractivity contribution in [3.63, 3.8) is 0 Å². The third-order valence-corrected chi connectivity index (χ3v) is 3.97. The molecule has 7 heteroatoms. The highest BCUT2D eigenvalue weighted by Gasteiger charge is 2.16. The quantitative estimate of drug-likeness (QED) is 0.798. The Morgan fingerprint density at radius 2 is 2.32 bits per heavy atom. The molecule has 1 aliphatic rings. The summed E-state index contributed by atoms with van der Waals surface area (Å²) in [6, 6.07) is 6.77. The summed E-state index contributed by atoms with van der Waals surface area (Å²) in [6.45, 7) is 3.69. The number of nitrogens with one attached hydrogen (secondary N) is 1. The molecule has 1 aliphatic heterocycles. The Kier molecular flexibility index (Phi) is 5.45. The van der Waals surface area contributed by atoms with Crippen LogP contribution < -0.4 is 10.1 Å². The normalized spacial score (nSPS) is 16.6. The molecule has 0 amide bonds. The molecule has 2 heterocycles. The zero-order valence-electron chi connectivity index (χ0n) is 14.1. The van der Waals surface area contributed by atoms with Crippen LogP contribution in [0.25, 0.3) is 11.3 Å². The van der Waals surface area contributed by atoms with Crippen molar-refractivity contribution in [2.75, 3.05) is 25.1 Å². The van der Waals surface area contributed by atoms with Crippen LogP contribution in [0.3, 0.4) is 0 Å². The first-order valence-electron chi connectivity index (χ1n) is 8.36. The van der Waals surface area contributed by atoms with Crippen LogP contribution in [0.15, 0.2) is 30.5 Å². The van der Waals surface area contributed by atoms with Gasteiger partial charge >= 0.3 is 5.97 Å². The second-order valence-corrected chi connectivity index (χ2v) is 5.73. The summed E-state index contributed by atoms with van der Waals surface area (Å²) < 4.78 is 10.9. The molecule has 1 aromatic heterocycles. The van der Waals surface area contributed by atoms with E-state index in [1.54, 1.807) is 30.5 Å². The number of hydrogen-bond acceptors (Lipinski definition) is 6. The highest BCUT2D eigenvalue weighted by Crippen LogP contribution is 2.26. The Bertz CT molecular complexity index is 745. The van der Waals surface area contributed by atoms with Crippen LogP contribution in [-0.2, 0) is 4.74 Å². The van der Waals surface area contributed by atoms with E-state index in [9.17, 15) is 9.90 Å². The molecule has 0 radical (unpaired) electrons. The van der Waals surface area contributed by atoms with Crippen molar-refractivity contribution in [3.8, 4) is 17.0 Å². The van der Waals surface area contributed by atoms with Gasteiger partial charge in [-0.25, -0.2) is 14.8 Å². The van der Waals surface area contributed by atoms with E-state index in [0.717, 1.165) is 19.4 Å². The molecule has 1 unspecified atom stereocenters. The third kappa shape index (κ3) is 4.24. The predicted octanol–water partition coefficient (Wildman–Crippen LogP) is 2.83.